The maximum Gasteiger partial charge on any atom is 0.257 e. The molecule has 0 radical (unpaired) electrons. The summed E-state index contributed by atoms with van der Waals surface area (Å²) in [7, 11) is -3.51. The van der Waals surface area contributed by atoms with E-state index in [0.717, 1.165) is 27.7 Å². The molecule has 0 aliphatic carbocycles. The summed E-state index contributed by atoms with van der Waals surface area (Å²) in [5, 5.41) is 8.12. The molecule has 0 spiro atoms. The van der Waals surface area contributed by atoms with E-state index >= 15 is 0 Å². The zero-order valence-electron chi connectivity index (χ0n) is 16.7. The minimum absolute atomic E-state index is 0.118. The number of carbonyl (C=O) groups excluding carboxylic acids is 1. The molecule has 3 aromatic rings. The fourth-order valence-corrected chi connectivity index (χ4v) is 6.10. The molecule has 32 heavy (non-hydrogen) atoms. The van der Waals surface area contributed by atoms with Crippen molar-refractivity contribution in [2.75, 3.05) is 18.4 Å². The van der Waals surface area contributed by atoms with Crippen LogP contribution < -0.4 is 10.6 Å². The number of sulfonamides is 1. The lowest BCUT2D eigenvalue weighted by Crippen LogP contribution is -2.34. The number of hydrogen-bond donors (Lipinski definition) is 2. The first kappa shape index (κ1) is 23.2. The summed E-state index contributed by atoms with van der Waals surface area (Å²) in [6.45, 7) is 1.07. The average Bonchev–Trinajstić information content (AvgIpc) is 3.47. The first-order chi connectivity index (χ1) is 15.3. The summed E-state index contributed by atoms with van der Waals surface area (Å²) in [6.07, 6.45) is 1.74. The Morgan fingerprint density at radius 2 is 1.72 bits per heavy atom. The number of benzene rings is 2. The normalized spacial score (nSPS) is 14.3. The summed E-state index contributed by atoms with van der Waals surface area (Å²) < 4.78 is 27.8. The third-order valence-electron chi connectivity index (χ3n) is 4.91. The molecule has 1 saturated heterocycles. The SMILES string of the molecule is O=C(NC(=S)Nc1nc(-c2ccc(I)cc2)cs1)c1ccc(S(=O)(=O)N2CCCC2)cc1. The van der Waals surface area contributed by atoms with E-state index in [4.69, 9.17) is 12.2 Å². The number of hydrogen-bond acceptors (Lipinski definition) is 6. The molecule has 11 heteroatoms. The van der Waals surface area contributed by atoms with Gasteiger partial charge in [-0.3, -0.25) is 10.1 Å². The maximum atomic E-state index is 12.6. The van der Waals surface area contributed by atoms with Crippen LogP contribution in [0.1, 0.15) is 23.2 Å². The predicted molar refractivity (Wildman–Crippen MR) is 138 cm³/mol. The van der Waals surface area contributed by atoms with Gasteiger partial charge in [0.25, 0.3) is 5.91 Å². The Hall–Kier alpha value is -1.93. The summed E-state index contributed by atoms with van der Waals surface area (Å²) in [5.74, 6) is -0.429. The van der Waals surface area contributed by atoms with E-state index in [1.165, 1.54) is 39.9 Å². The number of thiocarbonyl (C=S) groups is 1. The van der Waals surface area contributed by atoms with Crippen molar-refractivity contribution in [2.24, 2.45) is 0 Å². The molecule has 1 aliphatic heterocycles. The Morgan fingerprint density at radius 3 is 2.38 bits per heavy atom. The number of halogens is 1. The lowest BCUT2D eigenvalue weighted by atomic mass is 10.2. The van der Waals surface area contributed by atoms with Crippen LogP contribution in [0, 0.1) is 3.57 Å². The minimum Gasteiger partial charge on any atom is -0.308 e. The maximum absolute atomic E-state index is 12.6. The quantitative estimate of drug-likeness (QED) is 0.336. The summed E-state index contributed by atoms with van der Waals surface area (Å²) in [4.78, 5) is 17.2. The highest BCUT2D eigenvalue weighted by molar-refractivity contribution is 14.1. The van der Waals surface area contributed by atoms with Gasteiger partial charge >= 0.3 is 0 Å². The van der Waals surface area contributed by atoms with E-state index < -0.39 is 15.9 Å². The van der Waals surface area contributed by atoms with Gasteiger partial charge in [-0.05, 0) is 84.0 Å². The number of nitrogens with zero attached hydrogens (tertiary/aromatic N) is 2. The standard InChI is InChI=1S/C21H19IN4O3S3/c22-16-7-3-14(4-8-16)18-13-31-21(23-18)25-20(30)24-19(27)15-5-9-17(10-6-15)32(28,29)26-11-1-2-12-26/h3-10,13H,1-2,11-12H2,(H2,23,24,25,27,30). The van der Waals surface area contributed by atoms with Crippen LogP contribution >= 0.6 is 46.1 Å². The van der Waals surface area contributed by atoms with Crippen LogP contribution in [0.5, 0.6) is 0 Å². The Bertz CT molecular complexity index is 1240. The van der Waals surface area contributed by atoms with Crippen LogP contribution in [-0.2, 0) is 10.0 Å². The molecule has 2 N–H and O–H groups in total. The Morgan fingerprint density at radius 1 is 1.06 bits per heavy atom. The second kappa shape index (κ2) is 9.91. The zero-order chi connectivity index (χ0) is 22.7. The van der Waals surface area contributed by atoms with E-state index in [0.29, 0.717) is 23.8 Å². The van der Waals surface area contributed by atoms with Gasteiger partial charge in [0.05, 0.1) is 10.6 Å². The van der Waals surface area contributed by atoms with Crippen LogP contribution in [0.3, 0.4) is 0 Å². The third-order valence-corrected chi connectivity index (χ3v) is 8.50. The molecule has 0 saturated carbocycles. The number of nitrogens with one attached hydrogen (secondary N) is 2. The second-order valence-corrected chi connectivity index (χ2v) is 11.5. The van der Waals surface area contributed by atoms with Gasteiger partial charge in [0.1, 0.15) is 0 Å². The second-order valence-electron chi connectivity index (χ2n) is 7.09. The van der Waals surface area contributed by atoms with Gasteiger partial charge in [0, 0.05) is 33.2 Å². The molecule has 7 nitrogen and oxygen atoms in total. The molecule has 1 fully saturated rings. The lowest BCUT2D eigenvalue weighted by molar-refractivity contribution is 0.0977. The minimum atomic E-state index is -3.51. The summed E-state index contributed by atoms with van der Waals surface area (Å²) in [5.41, 5.74) is 2.12. The molecule has 0 atom stereocenters. The summed E-state index contributed by atoms with van der Waals surface area (Å²) >= 11 is 8.86. The number of rotatable bonds is 5. The summed E-state index contributed by atoms with van der Waals surface area (Å²) in [6, 6.07) is 13.9. The number of thiazole rings is 1. The Labute approximate surface area is 209 Å². The van der Waals surface area contributed by atoms with Crippen LogP contribution in [0.15, 0.2) is 58.8 Å². The molecule has 1 amide bonds. The molecule has 2 aromatic carbocycles. The van der Waals surface area contributed by atoms with Gasteiger partial charge in [0.2, 0.25) is 10.0 Å². The zero-order valence-corrected chi connectivity index (χ0v) is 21.4. The average molecular weight is 599 g/mol. The largest absolute Gasteiger partial charge is 0.308 e. The first-order valence-electron chi connectivity index (χ1n) is 9.77. The first-order valence-corrected chi connectivity index (χ1v) is 13.6. The van der Waals surface area contributed by atoms with E-state index in [9.17, 15) is 13.2 Å². The fourth-order valence-electron chi connectivity index (χ4n) is 3.24. The van der Waals surface area contributed by atoms with Crippen molar-refractivity contribution in [1.82, 2.24) is 14.6 Å². The van der Waals surface area contributed by atoms with Crippen molar-refractivity contribution in [1.29, 1.82) is 0 Å². The molecule has 166 valence electrons. The van der Waals surface area contributed by atoms with Gasteiger partial charge < -0.3 is 5.32 Å². The molecule has 1 aliphatic rings. The number of carbonyl (C=O) groups is 1. The molecule has 2 heterocycles. The van der Waals surface area contributed by atoms with Gasteiger partial charge in [-0.25, -0.2) is 13.4 Å². The highest BCUT2D eigenvalue weighted by Gasteiger charge is 2.27. The molecular weight excluding hydrogens is 579 g/mol. The molecule has 4 rings (SSSR count). The lowest BCUT2D eigenvalue weighted by Gasteiger charge is -2.15. The van der Waals surface area contributed by atoms with Crippen molar-refractivity contribution in [3.8, 4) is 11.3 Å². The molecule has 1 aromatic heterocycles. The predicted octanol–water partition coefficient (Wildman–Crippen LogP) is 4.33. The van der Waals surface area contributed by atoms with Crippen molar-refractivity contribution in [3.05, 3.63) is 63.0 Å². The molecular formula is C21H19IN4O3S3. The van der Waals surface area contributed by atoms with Crippen LogP contribution in [0.2, 0.25) is 0 Å². The third kappa shape index (κ3) is 5.34. The van der Waals surface area contributed by atoms with E-state index in [1.54, 1.807) is 0 Å². The fraction of sp³-hybridized carbons (Fsp3) is 0.190. The van der Waals surface area contributed by atoms with Crippen molar-refractivity contribution >= 4 is 72.3 Å². The van der Waals surface area contributed by atoms with Gasteiger partial charge in [0.15, 0.2) is 10.2 Å². The highest BCUT2D eigenvalue weighted by Crippen LogP contribution is 2.25. The van der Waals surface area contributed by atoms with Crippen LogP contribution in [0.4, 0.5) is 5.13 Å². The monoisotopic (exact) mass is 598 g/mol. The van der Waals surface area contributed by atoms with Crippen molar-refractivity contribution in [2.45, 2.75) is 17.7 Å². The van der Waals surface area contributed by atoms with Gasteiger partial charge in [-0.2, -0.15) is 4.31 Å². The van der Waals surface area contributed by atoms with Crippen LogP contribution in [0.25, 0.3) is 11.3 Å². The smallest absolute Gasteiger partial charge is 0.257 e. The van der Waals surface area contributed by atoms with Crippen molar-refractivity contribution < 1.29 is 13.2 Å². The number of aromatic nitrogens is 1. The van der Waals surface area contributed by atoms with Gasteiger partial charge in [-0.1, -0.05) is 12.1 Å². The van der Waals surface area contributed by atoms with Crippen molar-refractivity contribution in [3.63, 3.8) is 0 Å². The molecule has 0 unspecified atom stereocenters. The van der Waals surface area contributed by atoms with E-state index in [1.807, 2.05) is 29.6 Å². The van der Waals surface area contributed by atoms with E-state index in [-0.39, 0.29) is 10.0 Å². The Balaban J connectivity index is 1.36. The topological polar surface area (TPSA) is 91.4 Å². The highest BCUT2D eigenvalue weighted by atomic mass is 127. The Kier molecular flexibility index (Phi) is 7.20. The van der Waals surface area contributed by atoms with Crippen LogP contribution in [-0.4, -0.2) is 41.8 Å². The van der Waals surface area contributed by atoms with E-state index in [2.05, 4.69) is 38.2 Å². The number of amides is 1. The van der Waals surface area contributed by atoms with Gasteiger partial charge in [-0.15, -0.1) is 11.3 Å². The number of anilines is 1. The molecule has 0 bridgehead atoms.